The summed E-state index contributed by atoms with van der Waals surface area (Å²) in [4.78, 5) is 0. The van der Waals surface area contributed by atoms with Crippen LogP contribution in [0, 0.1) is 0 Å². The molecule has 0 aliphatic rings. The smallest absolute Gasteiger partial charge is 0.107 e. The molecule has 0 aromatic carbocycles. The van der Waals surface area contributed by atoms with E-state index in [2.05, 4.69) is 0 Å². The fourth-order valence-corrected chi connectivity index (χ4v) is 0.737. The fraction of sp³-hybridized carbons (Fsp3) is 1.00. The Morgan fingerprint density at radius 1 is 1.00 bits per heavy atom. The molecule has 0 rings (SSSR count). The molecule has 0 aromatic rings. The molecule has 0 aromatic heterocycles. The van der Waals surface area contributed by atoms with Gasteiger partial charge in [0.2, 0.25) is 0 Å². The van der Waals surface area contributed by atoms with Crippen molar-refractivity contribution in [3.8, 4) is 0 Å². The Balaban J connectivity index is 3.70. The average Bonchev–Trinajstić information content (AvgIpc) is 2.02. The Morgan fingerprint density at radius 2 is 1.55 bits per heavy atom. The molecule has 0 amide bonds. The lowest BCUT2D eigenvalue weighted by molar-refractivity contribution is -0.0566. The van der Waals surface area contributed by atoms with Gasteiger partial charge in [0, 0.05) is 6.54 Å². The third kappa shape index (κ3) is 3.64. The molecule has 68 valence electrons. The molecule has 3 atom stereocenters. The molecule has 0 heterocycles. The third-order valence-corrected chi connectivity index (χ3v) is 1.49. The summed E-state index contributed by atoms with van der Waals surface area (Å²) < 4.78 is 0. The zero-order chi connectivity index (χ0) is 8.85. The van der Waals surface area contributed by atoms with Crippen molar-refractivity contribution in [2.45, 2.75) is 24.7 Å². The van der Waals surface area contributed by atoms with Crippen LogP contribution in [0.3, 0.4) is 0 Å². The molecule has 0 spiro atoms. The molecule has 0 saturated heterocycles. The highest BCUT2D eigenvalue weighted by molar-refractivity contribution is 4.75. The average molecular weight is 164 g/mol. The van der Waals surface area contributed by atoms with E-state index in [4.69, 9.17) is 26.8 Å². The lowest BCUT2D eigenvalue weighted by Crippen LogP contribution is -2.42. The van der Waals surface area contributed by atoms with Crippen molar-refractivity contribution in [3.63, 3.8) is 0 Å². The molecule has 0 fully saturated rings. The fourth-order valence-electron chi connectivity index (χ4n) is 0.737. The van der Waals surface area contributed by atoms with Gasteiger partial charge in [-0.25, -0.2) is 0 Å². The molecule has 0 aliphatic heterocycles. The van der Waals surface area contributed by atoms with Gasteiger partial charge in [0.05, 0.1) is 12.2 Å². The summed E-state index contributed by atoms with van der Waals surface area (Å²) in [5.74, 6) is 0. The lowest BCUT2D eigenvalue weighted by atomic mass is 10.1. The zero-order valence-electron chi connectivity index (χ0n) is 6.35. The summed E-state index contributed by atoms with van der Waals surface area (Å²) in [6, 6.07) is 0. The minimum Gasteiger partial charge on any atom is -0.390 e. The van der Waals surface area contributed by atoms with E-state index in [1.807, 2.05) is 0 Å². The Morgan fingerprint density at radius 3 is 1.91 bits per heavy atom. The number of rotatable bonds is 5. The van der Waals surface area contributed by atoms with E-state index >= 15 is 0 Å². The van der Waals surface area contributed by atoms with E-state index in [-0.39, 0.29) is 19.5 Å². The van der Waals surface area contributed by atoms with Crippen LogP contribution in [-0.4, -0.2) is 46.7 Å². The van der Waals surface area contributed by atoms with Crippen molar-refractivity contribution in [1.82, 2.24) is 0 Å². The van der Waals surface area contributed by atoms with Gasteiger partial charge < -0.3 is 26.8 Å². The molecule has 0 bridgehead atoms. The van der Waals surface area contributed by atoms with Gasteiger partial charge >= 0.3 is 0 Å². The number of aliphatic hydroxyl groups excluding tert-OH is 3. The Labute approximate surface area is 65.6 Å². The second-order valence-corrected chi connectivity index (χ2v) is 2.44. The molecule has 5 nitrogen and oxygen atoms in total. The van der Waals surface area contributed by atoms with E-state index in [9.17, 15) is 0 Å². The van der Waals surface area contributed by atoms with Crippen molar-refractivity contribution in [1.29, 1.82) is 0 Å². The number of hydrogen-bond acceptors (Lipinski definition) is 5. The second-order valence-electron chi connectivity index (χ2n) is 2.44. The van der Waals surface area contributed by atoms with Gasteiger partial charge in [0.25, 0.3) is 0 Å². The van der Waals surface area contributed by atoms with E-state index in [1.165, 1.54) is 0 Å². The first kappa shape index (κ1) is 10.8. The van der Waals surface area contributed by atoms with Crippen LogP contribution in [0.15, 0.2) is 0 Å². The molecular formula is C6H16N2O3. The Bertz CT molecular complexity index is 102. The van der Waals surface area contributed by atoms with Crippen LogP contribution in [0.5, 0.6) is 0 Å². The van der Waals surface area contributed by atoms with Crippen LogP contribution in [0.2, 0.25) is 0 Å². The molecule has 0 saturated carbocycles. The topological polar surface area (TPSA) is 113 Å². The summed E-state index contributed by atoms with van der Waals surface area (Å²) >= 11 is 0. The number of aliphatic hydroxyl groups is 3. The van der Waals surface area contributed by atoms with E-state index in [0.29, 0.717) is 0 Å². The van der Waals surface area contributed by atoms with Gasteiger partial charge in [0.15, 0.2) is 0 Å². The van der Waals surface area contributed by atoms with Crippen molar-refractivity contribution < 1.29 is 15.3 Å². The predicted molar refractivity (Wildman–Crippen MR) is 40.7 cm³/mol. The van der Waals surface area contributed by atoms with Crippen molar-refractivity contribution in [2.75, 3.05) is 13.1 Å². The standard InChI is InChI=1S/C6H16N2O3/c7-2-1-4(9)6(11)5(10)3-8/h4-6,9-11H,1-3,7-8H2. The Hall–Kier alpha value is -0.200. The summed E-state index contributed by atoms with van der Waals surface area (Å²) in [7, 11) is 0. The van der Waals surface area contributed by atoms with Crippen LogP contribution in [-0.2, 0) is 0 Å². The van der Waals surface area contributed by atoms with Crippen LogP contribution in [0.1, 0.15) is 6.42 Å². The van der Waals surface area contributed by atoms with Gasteiger partial charge in [-0.05, 0) is 13.0 Å². The second kappa shape index (κ2) is 5.45. The van der Waals surface area contributed by atoms with Crippen LogP contribution in [0.25, 0.3) is 0 Å². The zero-order valence-corrected chi connectivity index (χ0v) is 6.35. The summed E-state index contributed by atoms with van der Waals surface area (Å²) in [5, 5.41) is 27.1. The van der Waals surface area contributed by atoms with E-state index < -0.39 is 18.3 Å². The van der Waals surface area contributed by atoms with E-state index in [1.54, 1.807) is 0 Å². The van der Waals surface area contributed by atoms with Crippen LogP contribution < -0.4 is 11.5 Å². The SMILES string of the molecule is NCCC(O)C(O)C(O)CN. The quantitative estimate of drug-likeness (QED) is 0.305. The molecule has 7 N–H and O–H groups in total. The summed E-state index contributed by atoms with van der Waals surface area (Å²) in [6.45, 7) is 0.207. The molecular weight excluding hydrogens is 148 g/mol. The third-order valence-electron chi connectivity index (χ3n) is 1.49. The van der Waals surface area contributed by atoms with Gasteiger partial charge in [-0.3, -0.25) is 0 Å². The first-order valence-corrected chi connectivity index (χ1v) is 3.57. The maximum atomic E-state index is 9.08. The minimum absolute atomic E-state index is 0.0667. The largest absolute Gasteiger partial charge is 0.390 e. The number of nitrogens with two attached hydrogens (primary N) is 2. The van der Waals surface area contributed by atoms with Crippen molar-refractivity contribution in [2.24, 2.45) is 11.5 Å². The van der Waals surface area contributed by atoms with Gasteiger partial charge in [-0.2, -0.15) is 0 Å². The van der Waals surface area contributed by atoms with Gasteiger partial charge in [-0.15, -0.1) is 0 Å². The van der Waals surface area contributed by atoms with Crippen molar-refractivity contribution >= 4 is 0 Å². The first-order valence-electron chi connectivity index (χ1n) is 3.57. The minimum atomic E-state index is -1.19. The predicted octanol–water partition coefficient (Wildman–Crippen LogP) is -2.62. The maximum Gasteiger partial charge on any atom is 0.107 e. The maximum absolute atomic E-state index is 9.08. The molecule has 3 unspecified atom stereocenters. The highest BCUT2D eigenvalue weighted by Gasteiger charge is 2.22. The highest BCUT2D eigenvalue weighted by atomic mass is 16.4. The summed E-state index contributed by atoms with van der Waals surface area (Å²) in [5.41, 5.74) is 10.2. The lowest BCUT2D eigenvalue weighted by Gasteiger charge is -2.20. The van der Waals surface area contributed by atoms with Crippen LogP contribution in [0.4, 0.5) is 0 Å². The normalized spacial score (nSPS) is 19.4. The van der Waals surface area contributed by atoms with E-state index in [0.717, 1.165) is 0 Å². The van der Waals surface area contributed by atoms with Gasteiger partial charge in [-0.1, -0.05) is 0 Å². The molecule has 11 heavy (non-hydrogen) atoms. The van der Waals surface area contributed by atoms with Crippen molar-refractivity contribution in [3.05, 3.63) is 0 Å². The number of hydrogen-bond donors (Lipinski definition) is 5. The first-order chi connectivity index (χ1) is 5.13. The Kier molecular flexibility index (Phi) is 5.35. The highest BCUT2D eigenvalue weighted by Crippen LogP contribution is 2.01. The molecule has 0 aliphatic carbocycles. The van der Waals surface area contributed by atoms with Crippen LogP contribution >= 0.6 is 0 Å². The van der Waals surface area contributed by atoms with Gasteiger partial charge in [0.1, 0.15) is 6.10 Å². The summed E-state index contributed by atoms with van der Waals surface area (Å²) in [6.07, 6.45) is -2.99. The molecule has 0 radical (unpaired) electrons. The monoisotopic (exact) mass is 164 g/mol. The molecule has 5 heteroatoms.